The van der Waals surface area contributed by atoms with E-state index in [1.807, 2.05) is 18.2 Å². The molecule has 100 valence electrons. The number of nitro groups is 1. The van der Waals surface area contributed by atoms with Crippen LogP contribution in [-0.4, -0.2) is 10.8 Å². The van der Waals surface area contributed by atoms with Crippen molar-refractivity contribution in [2.45, 2.75) is 6.10 Å². The summed E-state index contributed by atoms with van der Waals surface area (Å²) in [5.41, 5.74) is 0.955. The first-order chi connectivity index (χ1) is 9.65. The number of benzene rings is 2. The molecule has 2 aromatic carbocycles. The zero-order valence-corrected chi connectivity index (χ0v) is 10.3. The Bertz CT molecular complexity index is 685. The van der Waals surface area contributed by atoms with Gasteiger partial charge in [0.2, 0.25) is 6.10 Å². The molecule has 1 aliphatic rings. The van der Waals surface area contributed by atoms with Crippen LogP contribution in [0.4, 0.5) is 11.4 Å². The Kier molecular flexibility index (Phi) is 2.83. The smallest absolute Gasteiger partial charge is 0.271 e. The van der Waals surface area contributed by atoms with Crippen LogP contribution >= 0.6 is 0 Å². The van der Waals surface area contributed by atoms with E-state index < -0.39 is 11.0 Å². The van der Waals surface area contributed by atoms with Gasteiger partial charge in [0, 0.05) is 17.7 Å². The van der Waals surface area contributed by atoms with Crippen molar-refractivity contribution in [1.82, 2.24) is 0 Å². The van der Waals surface area contributed by atoms with Crippen molar-refractivity contribution in [1.29, 1.82) is 0 Å². The van der Waals surface area contributed by atoms with E-state index in [1.54, 1.807) is 12.1 Å². The number of nitrogens with zero attached hydrogens (tertiary/aromatic N) is 1. The number of non-ortho nitro benzene ring substituents is 1. The summed E-state index contributed by atoms with van der Waals surface area (Å²) >= 11 is 0. The van der Waals surface area contributed by atoms with Crippen molar-refractivity contribution in [2.75, 3.05) is 5.32 Å². The van der Waals surface area contributed by atoms with Gasteiger partial charge >= 0.3 is 0 Å². The van der Waals surface area contributed by atoms with E-state index in [0.29, 0.717) is 11.4 Å². The third kappa shape index (κ3) is 2.07. The molecule has 6 nitrogen and oxygen atoms in total. The number of carbonyl (C=O) groups is 1. The van der Waals surface area contributed by atoms with Gasteiger partial charge in [0.05, 0.1) is 10.6 Å². The first-order valence-electron chi connectivity index (χ1n) is 5.96. The van der Waals surface area contributed by atoms with Gasteiger partial charge in [0.1, 0.15) is 5.75 Å². The number of ether oxygens (including phenoxy) is 1. The molecule has 0 bridgehead atoms. The van der Waals surface area contributed by atoms with Crippen molar-refractivity contribution < 1.29 is 14.5 Å². The lowest BCUT2D eigenvalue weighted by molar-refractivity contribution is -0.384. The number of amides is 1. The molecule has 20 heavy (non-hydrogen) atoms. The molecule has 1 aliphatic heterocycles. The highest BCUT2D eigenvalue weighted by molar-refractivity contribution is 5.98. The molecule has 0 fully saturated rings. The highest BCUT2D eigenvalue weighted by Gasteiger charge is 2.29. The van der Waals surface area contributed by atoms with Gasteiger partial charge in [-0.25, -0.2) is 0 Å². The molecule has 3 rings (SSSR count). The summed E-state index contributed by atoms with van der Waals surface area (Å²) < 4.78 is 5.63. The Labute approximate surface area is 114 Å². The molecule has 0 aliphatic carbocycles. The molecule has 1 N–H and O–H groups in total. The standard InChI is InChI=1S/C14H10N2O4/c17-14-13(9-4-2-1-3-5-9)20-12-7-6-10(16(18)19)8-11(12)15-14/h1-8,13H,(H,15,17)/t13-/m0/s1. The van der Waals surface area contributed by atoms with Gasteiger partial charge in [-0.15, -0.1) is 0 Å². The lowest BCUT2D eigenvalue weighted by atomic mass is 10.1. The zero-order chi connectivity index (χ0) is 14.1. The van der Waals surface area contributed by atoms with E-state index >= 15 is 0 Å². The maximum Gasteiger partial charge on any atom is 0.271 e. The Morgan fingerprint density at radius 2 is 1.90 bits per heavy atom. The zero-order valence-electron chi connectivity index (χ0n) is 10.3. The number of carbonyl (C=O) groups excluding carboxylic acids is 1. The Morgan fingerprint density at radius 3 is 2.60 bits per heavy atom. The Morgan fingerprint density at radius 1 is 1.15 bits per heavy atom. The summed E-state index contributed by atoms with van der Waals surface area (Å²) in [7, 11) is 0. The number of nitrogens with one attached hydrogen (secondary N) is 1. The third-order valence-corrected chi connectivity index (χ3v) is 3.02. The number of hydrogen-bond donors (Lipinski definition) is 1. The number of fused-ring (bicyclic) bond motifs is 1. The first kappa shape index (κ1) is 12.2. The molecule has 0 saturated carbocycles. The monoisotopic (exact) mass is 270 g/mol. The summed E-state index contributed by atoms with van der Waals surface area (Å²) in [5, 5.41) is 13.3. The van der Waals surface area contributed by atoms with Gasteiger partial charge < -0.3 is 10.1 Å². The van der Waals surface area contributed by atoms with E-state index in [9.17, 15) is 14.9 Å². The second-order valence-electron chi connectivity index (χ2n) is 4.34. The minimum atomic E-state index is -0.745. The quantitative estimate of drug-likeness (QED) is 0.671. The normalized spacial score (nSPS) is 16.8. The Balaban J connectivity index is 1.95. The van der Waals surface area contributed by atoms with Crippen LogP contribution in [-0.2, 0) is 4.79 Å². The van der Waals surface area contributed by atoms with Crippen molar-refractivity contribution in [2.24, 2.45) is 0 Å². The van der Waals surface area contributed by atoms with Gasteiger partial charge in [-0.3, -0.25) is 14.9 Å². The topological polar surface area (TPSA) is 81.5 Å². The number of rotatable bonds is 2. The van der Waals surface area contributed by atoms with Crippen LogP contribution in [0.2, 0.25) is 0 Å². The molecule has 0 spiro atoms. The van der Waals surface area contributed by atoms with E-state index in [-0.39, 0.29) is 11.6 Å². The number of nitro benzene ring substituents is 1. The molecule has 0 aromatic heterocycles. The molecule has 0 unspecified atom stereocenters. The van der Waals surface area contributed by atoms with E-state index in [1.165, 1.54) is 18.2 Å². The molecule has 1 heterocycles. The van der Waals surface area contributed by atoms with Gasteiger partial charge in [0.15, 0.2) is 0 Å². The second-order valence-corrected chi connectivity index (χ2v) is 4.34. The van der Waals surface area contributed by atoms with E-state index in [2.05, 4.69) is 5.32 Å². The van der Waals surface area contributed by atoms with Gasteiger partial charge in [-0.1, -0.05) is 30.3 Å². The summed E-state index contributed by atoms with van der Waals surface area (Å²) in [4.78, 5) is 22.2. The molecule has 1 atom stereocenters. The maximum atomic E-state index is 12.0. The summed E-state index contributed by atoms with van der Waals surface area (Å²) in [5.74, 6) is 0.0771. The molecule has 0 radical (unpaired) electrons. The largest absolute Gasteiger partial charge is 0.474 e. The second kappa shape index (κ2) is 4.65. The van der Waals surface area contributed by atoms with Crippen LogP contribution in [0.1, 0.15) is 11.7 Å². The SMILES string of the molecule is O=C1Nc2cc([N+](=O)[O-])ccc2O[C@H]1c1ccccc1. The summed E-state index contributed by atoms with van der Waals surface area (Å²) in [6.07, 6.45) is -0.745. The Hall–Kier alpha value is -2.89. The van der Waals surface area contributed by atoms with Gasteiger partial charge in [-0.05, 0) is 6.07 Å². The van der Waals surface area contributed by atoms with Gasteiger partial charge in [-0.2, -0.15) is 0 Å². The minimum Gasteiger partial charge on any atom is -0.474 e. The summed E-state index contributed by atoms with van der Waals surface area (Å²) in [6.45, 7) is 0. The molecule has 6 heteroatoms. The fourth-order valence-electron chi connectivity index (χ4n) is 2.06. The molecule has 1 amide bonds. The molecular formula is C14H10N2O4. The van der Waals surface area contributed by atoms with Crippen molar-refractivity contribution in [3.63, 3.8) is 0 Å². The first-order valence-corrected chi connectivity index (χ1v) is 5.96. The number of anilines is 1. The highest BCUT2D eigenvalue weighted by atomic mass is 16.6. The van der Waals surface area contributed by atoms with Crippen molar-refractivity contribution in [3.8, 4) is 5.75 Å². The molecular weight excluding hydrogens is 260 g/mol. The molecule has 0 saturated heterocycles. The third-order valence-electron chi connectivity index (χ3n) is 3.02. The van der Waals surface area contributed by atoms with Crippen LogP contribution in [0, 0.1) is 10.1 Å². The van der Waals surface area contributed by atoms with Crippen molar-refractivity contribution in [3.05, 3.63) is 64.2 Å². The van der Waals surface area contributed by atoms with Crippen molar-refractivity contribution >= 4 is 17.3 Å². The maximum absolute atomic E-state index is 12.0. The molecule has 2 aromatic rings. The number of hydrogen-bond acceptors (Lipinski definition) is 4. The van der Waals surface area contributed by atoms with Crippen LogP contribution in [0.3, 0.4) is 0 Å². The predicted octanol–water partition coefficient (Wildman–Crippen LogP) is 2.67. The summed E-state index contributed by atoms with van der Waals surface area (Å²) in [6, 6.07) is 13.2. The fraction of sp³-hybridized carbons (Fsp3) is 0.0714. The predicted molar refractivity (Wildman–Crippen MR) is 71.5 cm³/mol. The highest BCUT2D eigenvalue weighted by Crippen LogP contribution is 2.36. The van der Waals surface area contributed by atoms with E-state index in [0.717, 1.165) is 5.56 Å². The average molecular weight is 270 g/mol. The van der Waals surface area contributed by atoms with Crippen LogP contribution in [0.15, 0.2) is 48.5 Å². The van der Waals surface area contributed by atoms with E-state index in [4.69, 9.17) is 4.74 Å². The lowest BCUT2D eigenvalue weighted by Gasteiger charge is -2.25. The van der Waals surface area contributed by atoms with Gasteiger partial charge in [0.25, 0.3) is 11.6 Å². The fourth-order valence-corrected chi connectivity index (χ4v) is 2.06. The van der Waals surface area contributed by atoms with Crippen LogP contribution in [0.25, 0.3) is 0 Å². The average Bonchev–Trinajstić information content (AvgIpc) is 2.46. The minimum absolute atomic E-state index is 0.0918. The lowest BCUT2D eigenvalue weighted by Crippen LogP contribution is -2.30. The van der Waals surface area contributed by atoms with Crippen LogP contribution in [0.5, 0.6) is 5.75 Å². The van der Waals surface area contributed by atoms with Crippen LogP contribution < -0.4 is 10.1 Å².